The summed E-state index contributed by atoms with van der Waals surface area (Å²) in [5.41, 5.74) is -6.71. The number of amides is 2. The molecule has 3 aliphatic rings. The van der Waals surface area contributed by atoms with E-state index in [2.05, 4.69) is 5.32 Å². The van der Waals surface area contributed by atoms with Gasteiger partial charge in [-0.25, -0.2) is 4.79 Å². The second kappa shape index (κ2) is 8.36. The molecule has 3 heterocycles. The molecule has 3 fully saturated rings. The number of carbonyl (C=O) groups is 3. The highest BCUT2D eigenvalue weighted by atomic mass is 16.5. The van der Waals surface area contributed by atoms with E-state index in [9.17, 15) is 34.8 Å². The van der Waals surface area contributed by atoms with Crippen LogP contribution in [0.3, 0.4) is 0 Å². The highest BCUT2D eigenvalue weighted by molar-refractivity contribution is 6.03. The summed E-state index contributed by atoms with van der Waals surface area (Å²) >= 11 is 0. The van der Waals surface area contributed by atoms with Gasteiger partial charge in [-0.15, -0.1) is 0 Å². The van der Waals surface area contributed by atoms with E-state index in [1.54, 1.807) is 30.3 Å². The minimum Gasteiger partial charge on any atom is -0.458 e. The summed E-state index contributed by atoms with van der Waals surface area (Å²) in [6, 6.07) is 8.84. The average Bonchev–Trinajstić information content (AvgIpc) is 2.74. The van der Waals surface area contributed by atoms with Crippen molar-refractivity contribution in [3.05, 3.63) is 47.5 Å². The molecule has 2 amide bonds. The summed E-state index contributed by atoms with van der Waals surface area (Å²) in [7, 11) is 0. The summed E-state index contributed by atoms with van der Waals surface area (Å²) in [4.78, 5) is 37.7. The number of hydrogen-bond acceptors (Lipinski definition) is 9. The number of piperazine rings is 1. The second-order valence-electron chi connectivity index (χ2n) is 7.63. The molecule has 4 rings (SSSR count). The topological polar surface area (TPSA) is 175 Å². The zero-order chi connectivity index (χ0) is 22.9. The van der Waals surface area contributed by atoms with E-state index in [4.69, 9.17) is 9.47 Å². The number of hydrogen-bond donors (Lipinski definition) is 6. The third-order valence-corrected chi connectivity index (χ3v) is 5.24. The van der Waals surface area contributed by atoms with E-state index < -0.39 is 47.5 Å². The number of rotatable bonds is 6. The fraction of sp³-hybridized carbons (Fsp3) is 0.450. The summed E-state index contributed by atoms with van der Waals surface area (Å²) in [6.07, 6.45) is -1.36. The Hall–Kier alpha value is -2.83. The quantitative estimate of drug-likeness (QED) is 0.214. The Bertz CT molecular complexity index is 901. The number of esters is 1. The molecule has 3 aliphatic heterocycles. The van der Waals surface area contributed by atoms with Crippen molar-refractivity contribution in [2.75, 3.05) is 13.2 Å². The smallest absolute Gasteiger partial charge is 0.331 e. The molecule has 11 nitrogen and oxygen atoms in total. The lowest BCUT2D eigenvalue weighted by atomic mass is 9.84. The van der Waals surface area contributed by atoms with E-state index in [0.29, 0.717) is 0 Å². The third kappa shape index (κ3) is 4.18. The van der Waals surface area contributed by atoms with Crippen LogP contribution in [0, 0.1) is 0 Å². The highest BCUT2D eigenvalue weighted by Crippen LogP contribution is 2.33. The Labute approximate surface area is 177 Å². The van der Waals surface area contributed by atoms with Crippen molar-refractivity contribution in [3.8, 4) is 0 Å². The van der Waals surface area contributed by atoms with Gasteiger partial charge in [0.05, 0.1) is 13.2 Å². The molecule has 1 aromatic rings. The van der Waals surface area contributed by atoms with Crippen molar-refractivity contribution >= 4 is 17.8 Å². The molecule has 1 aromatic carbocycles. The molecule has 0 saturated carbocycles. The van der Waals surface area contributed by atoms with Crippen LogP contribution in [0.1, 0.15) is 18.9 Å². The van der Waals surface area contributed by atoms with Gasteiger partial charge in [-0.3, -0.25) is 9.59 Å². The summed E-state index contributed by atoms with van der Waals surface area (Å²) < 4.78 is 10.5. The lowest BCUT2D eigenvalue weighted by molar-refractivity contribution is -0.230. The maximum absolute atomic E-state index is 12.7. The summed E-state index contributed by atoms with van der Waals surface area (Å²) in [5.74, 6) is -3.21. The zero-order valence-electron chi connectivity index (χ0n) is 16.7. The predicted octanol–water partition coefficient (Wildman–Crippen LogP) is -2.19. The predicted molar refractivity (Wildman–Crippen MR) is 103 cm³/mol. The molecule has 0 spiro atoms. The van der Waals surface area contributed by atoms with Crippen molar-refractivity contribution in [1.29, 1.82) is 0 Å². The minimum atomic E-state index is -2.60. The first-order chi connectivity index (χ1) is 14.5. The largest absolute Gasteiger partial charge is 0.458 e. The van der Waals surface area contributed by atoms with Gasteiger partial charge in [0.25, 0.3) is 17.5 Å². The number of aliphatic hydroxyl groups excluding tert-OH is 2. The Morgan fingerprint density at radius 2 is 1.97 bits per heavy atom. The van der Waals surface area contributed by atoms with Crippen molar-refractivity contribution in [2.45, 2.75) is 43.1 Å². The summed E-state index contributed by atoms with van der Waals surface area (Å²) in [5, 5.41) is 44.9. The second-order valence-corrected chi connectivity index (χ2v) is 7.63. The number of carbonyl (C=O) groups excluding carboxylic acids is 3. The maximum atomic E-state index is 12.7. The Balaban J connectivity index is 1.83. The Morgan fingerprint density at radius 1 is 1.29 bits per heavy atom. The average molecular weight is 436 g/mol. The molecular formula is C20H24N2O9. The first-order valence-corrected chi connectivity index (χ1v) is 9.50. The van der Waals surface area contributed by atoms with Crippen LogP contribution >= 0.6 is 0 Å². The Morgan fingerprint density at radius 3 is 2.61 bits per heavy atom. The van der Waals surface area contributed by atoms with Crippen LogP contribution in [0.25, 0.3) is 0 Å². The van der Waals surface area contributed by atoms with Gasteiger partial charge in [-0.1, -0.05) is 30.3 Å². The van der Waals surface area contributed by atoms with Crippen LogP contribution in [0.5, 0.6) is 0 Å². The van der Waals surface area contributed by atoms with Crippen molar-refractivity contribution in [3.63, 3.8) is 0 Å². The maximum Gasteiger partial charge on any atom is 0.331 e. The van der Waals surface area contributed by atoms with Crippen molar-refractivity contribution in [2.24, 2.45) is 0 Å². The minimum absolute atomic E-state index is 0.0392. The molecule has 11 heteroatoms. The number of aliphatic hydroxyl groups is 4. The van der Waals surface area contributed by atoms with E-state index in [-0.39, 0.29) is 25.2 Å². The van der Waals surface area contributed by atoms with Gasteiger partial charge in [0.1, 0.15) is 18.3 Å². The number of ether oxygens (including phenoxy) is 2. The fourth-order valence-corrected chi connectivity index (χ4v) is 3.35. The third-order valence-electron chi connectivity index (χ3n) is 5.24. The van der Waals surface area contributed by atoms with Crippen molar-refractivity contribution in [1.82, 2.24) is 10.6 Å². The lowest BCUT2D eigenvalue weighted by Gasteiger charge is -2.49. The molecule has 168 valence electrons. The first kappa shape index (κ1) is 22.8. The van der Waals surface area contributed by atoms with Crippen LogP contribution in [-0.4, -0.2) is 74.6 Å². The van der Waals surface area contributed by atoms with Crippen LogP contribution in [0.2, 0.25) is 0 Å². The van der Waals surface area contributed by atoms with Crippen LogP contribution < -0.4 is 10.6 Å². The van der Waals surface area contributed by atoms with Gasteiger partial charge in [0.15, 0.2) is 0 Å². The van der Waals surface area contributed by atoms with Gasteiger partial charge in [-0.05, 0) is 18.9 Å². The van der Waals surface area contributed by atoms with E-state index in [1.165, 1.54) is 0 Å². The fourth-order valence-electron chi connectivity index (χ4n) is 3.35. The lowest BCUT2D eigenvalue weighted by Crippen LogP contribution is -2.82. The van der Waals surface area contributed by atoms with Crippen LogP contribution in [0.4, 0.5) is 0 Å². The number of fused-ring (bicyclic) bond motifs is 5. The molecule has 3 saturated heterocycles. The standard InChI is InChI=1S/C20H24N2O9/c1-18(28,11-23)15(25)20-17(27)21-19(29,16(26)22-20)13(7-8-31-20)9-14(24)30-10-12-5-3-2-4-6-12/h2-6,9,15,23,25,28-29H,7-8,10-11H2,1H3,(H,21,27)(H,22,26)/b13-9+/t15-,18-,19+,20-/m0/s1. The molecule has 4 atom stereocenters. The molecule has 2 bridgehead atoms. The summed E-state index contributed by atoms with van der Waals surface area (Å²) in [6.45, 7) is -0.247. The van der Waals surface area contributed by atoms with Crippen LogP contribution in [0.15, 0.2) is 42.0 Å². The highest BCUT2D eigenvalue weighted by Gasteiger charge is 2.63. The number of nitrogens with one attached hydrogen (secondary N) is 2. The molecule has 0 radical (unpaired) electrons. The first-order valence-electron chi connectivity index (χ1n) is 9.50. The van der Waals surface area contributed by atoms with E-state index in [0.717, 1.165) is 18.6 Å². The normalized spacial score (nSPS) is 29.9. The van der Waals surface area contributed by atoms with Gasteiger partial charge in [0.2, 0.25) is 5.72 Å². The van der Waals surface area contributed by atoms with Gasteiger partial charge < -0.3 is 40.5 Å². The van der Waals surface area contributed by atoms with E-state index in [1.807, 2.05) is 5.32 Å². The van der Waals surface area contributed by atoms with Gasteiger partial charge in [-0.2, -0.15) is 0 Å². The monoisotopic (exact) mass is 436 g/mol. The zero-order valence-corrected chi connectivity index (χ0v) is 16.7. The van der Waals surface area contributed by atoms with Crippen molar-refractivity contribution < 1.29 is 44.3 Å². The molecule has 0 aliphatic carbocycles. The van der Waals surface area contributed by atoms with Gasteiger partial charge >= 0.3 is 5.97 Å². The van der Waals surface area contributed by atoms with Crippen LogP contribution in [-0.2, 0) is 30.5 Å². The molecule has 0 unspecified atom stereocenters. The SMILES string of the molecule is C[C@](O)(CO)[C@H](O)[C@@]12NC(=O)[C@@](O)(NC1=O)/C(=C/C(=O)OCc1ccccc1)CCO2. The van der Waals surface area contributed by atoms with E-state index >= 15 is 0 Å². The number of benzene rings is 1. The molecule has 0 aromatic heterocycles. The molecule has 6 N–H and O–H groups in total. The van der Waals surface area contributed by atoms with Gasteiger partial charge in [0, 0.05) is 11.6 Å². The molecular weight excluding hydrogens is 412 g/mol. The molecule has 31 heavy (non-hydrogen) atoms. The Kier molecular flexibility index (Phi) is 6.16.